The first-order valence-electron chi connectivity index (χ1n) is 9.78. The molecule has 1 amide bonds. The van der Waals surface area contributed by atoms with Crippen molar-refractivity contribution >= 4 is 5.91 Å². The predicted octanol–water partition coefficient (Wildman–Crippen LogP) is 3.57. The Kier molecular flexibility index (Phi) is 4.73. The minimum Gasteiger partial charge on any atom is -0.383 e. The second-order valence-electron chi connectivity index (χ2n) is 7.96. The lowest BCUT2D eigenvalue weighted by molar-refractivity contribution is -0.0528. The van der Waals surface area contributed by atoms with Gasteiger partial charge in [0.05, 0.1) is 11.6 Å². The van der Waals surface area contributed by atoms with Gasteiger partial charge in [-0.15, -0.1) is 0 Å². The Hall–Kier alpha value is -2.28. The molecular weight excluding hydrogens is 364 g/mol. The smallest absolute Gasteiger partial charge is 0.282 e. The molecule has 2 aromatic rings. The van der Waals surface area contributed by atoms with Crippen molar-refractivity contribution in [3.63, 3.8) is 0 Å². The van der Waals surface area contributed by atoms with E-state index in [1.807, 2.05) is 31.2 Å². The molecule has 5 nitrogen and oxygen atoms in total. The lowest BCUT2D eigenvalue weighted by Gasteiger charge is -2.44. The standard InChI is InChI=1S/C21H25F2N3O2/c1-13(21(28)11-5-7-14-6-3-4-8-17(14)21)26(15-9-10-15)20(27)16-12-25(2)24-18(16)19(22)23/h3-4,6,8,12-13,15,19,28H,5,7,9-11H2,1-2H3. The Morgan fingerprint density at radius 1 is 1.36 bits per heavy atom. The maximum Gasteiger partial charge on any atom is 0.282 e. The molecule has 28 heavy (non-hydrogen) atoms. The van der Waals surface area contributed by atoms with E-state index in [0.717, 1.165) is 36.8 Å². The van der Waals surface area contributed by atoms with E-state index in [1.54, 1.807) is 4.90 Å². The van der Waals surface area contributed by atoms with E-state index in [9.17, 15) is 18.7 Å². The number of aryl methyl sites for hydroxylation is 2. The summed E-state index contributed by atoms with van der Waals surface area (Å²) in [6, 6.07) is 7.19. The molecule has 0 radical (unpaired) electrons. The largest absolute Gasteiger partial charge is 0.383 e. The number of amides is 1. The van der Waals surface area contributed by atoms with Gasteiger partial charge in [0.25, 0.3) is 12.3 Å². The van der Waals surface area contributed by atoms with Crippen LogP contribution >= 0.6 is 0 Å². The molecule has 7 heteroatoms. The van der Waals surface area contributed by atoms with Crippen LogP contribution in [0.2, 0.25) is 0 Å². The first-order chi connectivity index (χ1) is 13.3. The molecule has 0 aliphatic heterocycles. The number of carbonyl (C=O) groups excluding carboxylic acids is 1. The SMILES string of the molecule is CC(N(C(=O)c1cn(C)nc1C(F)F)C1CC1)C1(O)CCCc2ccccc21. The second-order valence-corrected chi connectivity index (χ2v) is 7.96. The summed E-state index contributed by atoms with van der Waals surface area (Å²) in [6.45, 7) is 1.83. The third kappa shape index (κ3) is 3.11. The summed E-state index contributed by atoms with van der Waals surface area (Å²) in [5.74, 6) is -0.477. The van der Waals surface area contributed by atoms with E-state index in [1.165, 1.54) is 17.9 Å². The number of carbonyl (C=O) groups is 1. The Morgan fingerprint density at radius 2 is 2.07 bits per heavy atom. The quantitative estimate of drug-likeness (QED) is 0.851. The van der Waals surface area contributed by atoms with Crippen LogP contribution in [0.5, 0.6) is 0 Å². The number of nitrogens with zero attached hydrogens (tertiary/aromatic N) is 3. The predicted molar refractivity (Wildman–Crippen MR) is 100 cm³/mol. The van der Waals surface area contributed by atoms with Crippen molar-refractivity contribution in [2.24, 2.45) is 7.05 Å². The highest BCUT2D eigenvalue weighted by Crippen LogP contribution is 2.43. The molecule has 1 N–H and O–H groups in total. The van der Waals surface area contributed by atoms with Gasteiger partial charge in [-0.3, -0.25) is 9.48 Å². The van der Waals surface area contributed by atoms with Crippen molar-refractivity contribution in [1.29, 1.82) is 0 Å². The minimum absolute atomic E-state index is 0.0358. The highest BCUT2D eigenvalue weighted by Gasteiger charge is 2.48. The lowest BCUT2D eigenvalue weighted by atomic mass is 9.74. The number of rotatable bonds is 5. The molecule has 4 rings (SSSR count). The van der Waals surface area contributed by atoms with E-state index in [-0.39, 0.29) is 11.6 Å². The number of halogens is 2. The zero-order chi connectivity index (χ0) is 20.1. The van der Waals surface area contributed by atoms with Crippen molar-refractivity contribution in [2.75, 3.05) is 0 Å². The average molecular weight is 389 g/mol. The van der Waals surface area contributed by atoms with Gasteiger partial charge in [-0.25, -0.2) is 8.78 Å². The van der Waals surface area contributed by atoms with E-state index >= 15 is 0 Å². The number of hydrogen-bond donors (Lipinski definition) is 1. The van der Waals surface area contributed by atoms with Gasteiger partial charge in [0.2, 0.25) is 0 Å². The van der Waals surface area contributed by atoms with Crippen molar-refractivity contribution in [3.8, 4) is 0 Å². The maximum atomic E-state index is 13.4. The van der Waals surface area contributed by atoms with Gasteiger partial charge in [-0.2, -0.15) is 5.10 Å². The monoisotopic (exact) mass is 389 g/mol. The van der Waals surface area contributed by atoms with Gasteiger partial charge in [0.15, 0.2) is 0 Å². The maximum absolute atomic E-state index is 13.4. The summed E-state index contributed by atoms with van der Waals surface area (Å²) in [5.41, 5.74) is 0.152. The minimum atomic E-state index is -2.82. The van der Waals surface area contributed by atoms with Crippen LogP contribution in [0.25, 0.3) is 0 Å². The van der Waals surface area contributed by atoms with Crippen LogP contribution in [-0.4, -0.2) is 37.8 Å². The molecule has 2 unspecified atom stereocenters. The number of aromatic nitrogens is 2. The summed E-state index contributed by atoms with van der Waals surface area (Å²) >= 11 is 0. The molecule has 0 bridgehead atoms. The van der Waals surface area contributed by atoms with Crippen molar-refractivity contribution in [3.05, 3.63) is 52.8 Å². The molecule has 1 saturated carbocycles. The number of benzene rings is 1. The Morgan fingerprint density at radius 3 is 2.75 bits per heavy atom. The molecule has 2 aliphatic carbocycles. The summed E-state index contributed by atoms with van der Waals surface area (Å²) in [6.07, 6.45) is 2.41. The molecule has 1 heterocycles. The topological polar surface area (TPSA) is 58.4 Å². The number of alkyl halides is 2. The zero-order valence-corrected chi connectivity index (χ0v) is 16.1. The van der Waals surface area contributed by atoms with Crippen molar-refractivity contribution < 1.29 is 18.7 Å². The molecule has 150 valence electrons. The fourth-order valence-electron chi connectivity index (χ4n) is 4.49. The molecule has 1 fully saturated rings. The Labute approximate surface area is 163 Å². The van der Waals surface area contributed by atoms with E-state index in [2.05, 4.69) is 5.10 Å². The normalized spacial score (nSPS) is 22.8. The van der Waals surface area contributed by atoms with Crippen LogP contribution in [0.1, 0.15) is 66.2 Å². The summed E-state index contributed by atoms with van der Waals surface area (Å²) in [7, 11) is 1.53. The lowest BCUT2D eigenvalue weighted by Crippen LogP contribution is -2.53. The molecule has 1 aromatic heterocycles. The summed E-state index contributed by atoms with van der Waals surface area (Å²) in [4.78, 5) is 14.9. The third-order valence-corrected chi connectivity index (χ3v) is 6.07. The van der Waals surface area contributed by atoms with Gasteiger partial charge in [-0.1, -0.05) is 24.3 Å². The van der Waals surface area contributed by atoms with E-state index < -0.39 is 29.7 Å². The van der Waals surface area contributed by atoms with Crippen molar-refractivity contribution in [2.45, 2.75) is 63.1 Å². The van der Waals surface area contributed by atoms with Crippen LogP contribution in [-0.2, 0) is 19.1 Å². The third-order valence-electron chi connectivity index (χ3n) is 6.07. The van der Waals surface area contributed by atoms with Crippen LogP contribution < -0.4 is 0 Å². The number of aliphatic hydroxyl groups is 1. The summed E-state index contributed by atoms with van der Waals surface area (Å²) < 4.78 is 28.1. The van der Waals surface area contributed by atoms with Crippen LogP contribution in [0.15, 0.2) is 30.5 Å². The Bertz CT molecular complexity index is 894. The zero-order valence-electron chi connectivity index (χ0n) is 16.1. The van der Waals surface area contributed by atoms with Gasteiger partial charge < -0.3 is 10.0 Å². The van der Waals surface area contributed by atoms with E-state index in [0.29, 0.717) is 6.42 Å². The van der Waals surface area contributed by atoms with E-state index in [4.69, 9.17) is 0 Å². The number of fused-ring (bicyclic) bond motifs is 1. The summed E-state index contributed by atoms with van der Waals surface area (Å²) in [5, 5.41) is 15.4. The van der Waals surface area contributed by atoms with Gasteiger partial charge in [0, 0.05) is 19.3 Å². The molecule has 0 spiro atoms. The molecule has 1 aromatic carbocycles. The van der Waals surface area contributed by atoms with Crippen LogP contribution in [0.3, 0.4) is 0 Å². The Balaban J connectivity index is 1.73. The van der Waals surface area contributed by atoms with Crippen molar-refractivity contribution in [1.82, 2.24) is 14.7 Å². The highest BCUT2D eigenvalue weighted by molar-refractivity contribution is 5.96. The molecule has 2 atom stereocenters. The van der Waals surface area contributed by atoms with Crippen LogP contribution in [0, 0.1) is 0 Å². The first-order valence-corrected chi connectivity index (χ1v) is 9.78. The molecule has 2 aliphatic rings. The fraction of sp³-hybridized carbons (Fsp3) is 0.524. The fourth-order valence-corrected chi connectivity index (χ4v) is 4.49. The molecular formula is C21H25F2N3O2. The van der Waals surface area contributed by atoms with Crippen LogP contribution in [0.4, 0.5) is 8.78 Å². The second kappa shape index (κ2) is 6.95. The van der Waals surface area contributed by atoms with Gasteiger partial charge >= 0.3 is 0 Å². The highest BCUT2D eigenvalue weighted by atomic mass is 19.3. The molecule has 0 saturated heterocycles. The average Bonchev–Trinajstić information content (AvgIpc) is 3.42. The first kappa shape index (κ1) is 19.1. The van der Waals surface area contributed by atoms with Gasteiger partial charge in [0.1, 0.15) is 11.3 Å². The van der Waals surface area contributed by atoms with Gasteiger partial charge in [-0.05, 0) is 50.2 Å². The number of hydrogen-bond acceptors (Lipinski definition) is 3.